The zero-order valence-electron chi connectivity index (χ0n) is 11.0. The Morgan fingerprint density at radius 1 is 1.20 bits per heavy atom. The van der Waals surface area contributed by atoms with Gasteiger partial charge in [0.05, 0.1) is 18.2 Å². The number of aliphatic carboxylic acids is 1. The molecule has 7 heteroatoms. The molecule has 1 saturated heterocycles. The first kappa shape index (κ1) is 14.3. The van der Waals surface area contributed by atoms with E-state index in [9.17, 15) is 14.7 Å². The van der Waals surface area contributed by atoms with Crippen LogP contribution in [-0.4, -0.2) is 69.6 Å². The van der Waals surface area contributed by atoms with Crippen molar-refractivity contribution < 1.29 is 19.8 Å². The number of carboxylic acid groups (broad SMARTS) is 1. The molecule has 20 heavy (non-hydrogen) atoms. The molecule has 1 aromatic heterocycles. The van der Waals surface area contributed by atoms with Gasteiger partial charge >= 0.3 is 5.97 Å². The van der Waals surface area contributed by atoms with Gasteiger partial charge in [0.15, 0.2) is 0 Å². The van der Waals surface area contributed by atoms with E-state index < -0.39 is 5.97 Å². The molecule has 0 saturated carbocycles. The molecule has 0 aromatic carbocycles. The van der Waals surface area contributed by atoms with E-state index in [1.165, 1.54) is 18.5 Å². The van der Waals surface area contributed by atoms with Crippen molar-refractivity contribution >= 4 is 11.9 Å². The number of hydrogen-bond acceptors (Lipinski definition) is 5. The number of carbonyl (C=O) groups is 2. The highest BCUT2D eigenvalue weighted by Crippen LogP contribution is 2.12. The van der Waals surface area contributed by atoms with Gasteiger partial charge in [-0.15, -0.1) is 0 Å². The van der Waals surface area contributed by atoms with E-state index in [1.54, 1.807) is 4.90 Å². The summed E-state index contributed by atoms with van der Waals surface area (Å²) < 4.78 is 0. The molecule has 0 bridgehead atoms. The van der Waals surface area contributed by atoms with Crippen LogP contribution >= 0.6 is 0 Å². The summed E-state index contributed by atoms with van der Waals surface area (Å²) in [7, 11) is 0. The third kappa shape index (κ3) is 3.67. The lowest BCUT2D eigenvalue weighted by molar-refractivity contribution is -0.137. The van der Waals surface area contributed by atoms with E-state index in [-0.39, 0.29) is 18.1 Å². The van der Waals surface area contributed by atoms with Gasteiger partial charge in [0, 0.05) is 38.9 Å². The van der Waals surface area contributed by atoms with E-state index in [4.69, 9.17) is 5.11 Å². The monoisotopic (exact) mass is 279 g/mol. The van der Waals surface area contributed by atoms with Crippen LogP contribution in [0.2, 0.25) is 0 Å². The maximum atomic E-state index is 12.2. The highest BCUT2D eigenvalue weighted by molar-refractivity contribution is 5.94. The van der Waals surface area contributed by atoms with Crippen LogP contribution in [0.4, 0.5) is 0 Å². The number of carboxylic acids is 1. The van der Waals surface area contributed by atoms with Crippen molar-refractivity contribution in [2.75, 3.05) is 32.7 Å². The summed E-state index contributed by atoms with van der Waals surface area (Å²) in [5.74, 6) is -1.00. The van der Waals surface area contributed by atoms with Crippen molar-refractivity contribution in [2.45, 2.75) is 6.42 Å². The van der Waals surface area contributed by atoms with Crippen molar-refractivity contribution in [1.82, 2.24) is 14.8 Å². The van der Waals surface area contributed by atoms with E-state index in [0.717, 1.165) is 0 Å². The molecule has 0 atom stereocenters. The van der Waals surface area contributed by atoms with Crippen LogP contribution in [0.15, 0.2) is 18.5 Å². The summed E-state index contributed by atoms with van der Waals surface area (Å²) in [6.45, 7) is 2.92. The Morgan fingerprint density at radius 3 is 2.50 bits per heavy atom. The van der Waals surface area contributed by atoms with Crippen molar-refractivity contribution in [2.24, 2.45) is 0 Å². The summed E-state index contributed by atoms with van der Waals surface area (Å²) in [5, 5.41) is 18.0. The van der Waals surface area contributed by atoms with Crippen LogP contribution in [-0.2, 0) is 4.79 Å². The van der Waals surface area contributed by atoms with Gasteiger partial charge in [0.25, 0.3) is 5.91 Å². The molecule has 2 N–H and O–H groups in total. The number of aromatic hydroxyl groups is 1. The zero-order chi connectivity index (χ0) is 14.5. The second-order valence-corrected chi connectivity index (χ2v) is 4.71. The number of rotatable bonds is 4. The summed E-state index contributed by atoms with van der Waals surface area (Å²) in [4.78, 5) is 30.2. The predicted molar refractivity (Wildman–Crippen MR) is 70.5 cm³/mol. The maximum absolute atomic E-state index is 12.2. The Kier molecular flexibility index (Phi) is 4.52. The number of piperazine rings is 1. The van der Waals surface area contributed by atoms with Gasteiger partial charge in [-0.1, -0.05) is 0 Å². The van der Waals surface area contributed by atoms with Gasteiger partial charge in [-0.05, 0) is 6.07 Å². The third-order valence-corrected chi connectivity index (χ3v) is 3.27. The lowest BCUT2D eigenvalue weighted by Gasteiger charge is -2.34. The number of aromatic nitrogens is 1. The van der Waals surface area contributed by atoms with Gasteiger partial charge < -0.3 is 15.1 Å². The smallest absolute Gasteiger partial charge is 0.304 e. The van der Waals surface area contributed by atoms with E-state index in [0.29, 0.717) is 38.3 Å². The van der Waals surface area contributed by atoms with Crippen molar-refractivity contribution in [3.63, 3.8) is 0 Å². The van der Waals surface area contributed by atoms with Gasteiger partial charge in [-0.2, -0.15) is 0 Å². The van der Waals surface area contributed by atoms with Crippen LogP contribution in [0.25, 0.3) is 0 Å². The molecule has 0 unspecified atom stereocenters. The fourth-order valence-electron chi connectivity index (χ4n) is 2.16. The molecule has 2 heterocycles. The van der Waals surface area contributed by atoms with E-state index in [2.05, 4.69) is 4.98 Å². The van der Waals surface area contributed by atoms with Crippen LogP contribution in [0.3, 0.4) is 0 Å². The highest BCUT2D eigenvalue weighted by atomic mass is 16.4. The second-order valence-electron chi connectivity index (χ2n) is 4.71. The van der Waals surface area contributed by atoms with Gasteiger partial charge in [-0.25, -0.2) is 0 Å². The number of carbonyl (C=O) groups excluding carboxylic acids is 1. The average Bonchev–Trinajstić information content (AvgIpc) is 2.45. The standard InChI is InChI=1S/C13H17N3O4/c17-11-7-10(8-14-9-11)13(20)16-5-3-15(4-6-16)2-1-12(18)19/h7-9,17H,1-6H2,(H,18,19). The topological polar surface area (TPSA) is 94.0 Å². The Morgan fingerprint density at radius 2 is 1.90 bits per heavy atom. The summed E-state index contributed by atoms with van der Waals surface area (Å²) >= 11 is 0. The first-order valence-electron chi connectivity index (χ1n) is 6.43. The minimum atomic E-state index is -0.811. The molecular formula is C13H17N3O4. The minimum absolute atomic E-state index is 0.0315. The van der Waals surface area contributed by atoms with Crippen LogP contribution in [0.1, 0.15) is 16.8 Å². The summed E-state index contributed by atoms with van der Waals surface area (Å²) in [5.41, 5.74) is 0.365. The molecule has 1 amide bonds. The first-order chi connectivity index (χ1) is 9.56. The lowest BCUT2D eigenvalue weighted by atomic mass is 10.2. The van der Waals surface area contributed by atoms with E-state index >= 15 is 0 Å². The molecule has 108 valence electrons. The molecule has 1 fully saturated rings. The number of nitrogens with zero attached hydrogens (tertiary/aromatic N) is 3. The molecule has 0 radical (unpaired) electrons. The van der Waals surface area contributed by atoms with Gasteiger partial charge in [-0.3, -0.25) is 19.5 Å². The van der Waals surface area contributed by atoms with Gasteiger partial charge in [0.1, 0.15) is 5.75 Å². The molecule has 0 aliphatic carbocycles. The summed E-state index contributed by atoms with van der Waals surface area (Å²) in [6, 6.07) is 1.39. The SMILES string of the molecule is O=C(O)CCN1CCN(C(=O)c2cncc(O)c2)CC1. The Labute approximate surface area is 116 Å². The van der Waals surface area contributed by atoms with Crippen LogP contribution in [0.5, 0.6) is 5.75 Å². The Hall–Kier alpha value is -2.15. The minimum Gasteiger partial charge on any atom is -0.506 e. The molecule has 2 rings (SSSR count). The zero-order valence-corrected chi connectivity index (χ0v) is 11.0. The normalized spacial score (nSPS) is 16.1. The molecule has 1 aliphatic heterocycles. The molecule has 1 aromatic rings. The number of pyridine rings is 1. The highest BCUT2D eigenvalue weighted by Gasteiger charge is 2.22. The lowest BCUT2D eigenvalue weighted by Crippen LogP contribution is -2.49. The fourth-order valence-corrected chi connectivity index (χ4v) is 2.16. The second kappa shape index (κ2) is 6.33. The van der Waals surface area contributed by atoms with Crippen molar-refractivity contribution in [1.29, 1.82) is 0 Å². The van der Waals surface area contributed by atoms with Crippen molar-refractivity contribution in [3.05, 3.63) is 24.0 Å². The molecule has 0 spiro atoms. The number of hydrogen-bond donors (Lipinski definition) is 2. The Bertz CT molecular complexity index is 498. The number of amides is 1. The third-order valence-electron chi connectivity index (χ3n) is 3.27. The molecule has 7 nitrogen and oxygen atoms in total. The maximum Gasteiger partial charge on any atom is 0.304 e. The fraction of sp³-hybridized carbons (Fsp3) is 0.462. The quantitative estimate of drug-likeness (QED) is 0.807. The summed E-state index contributed by atoms with van der Waals surface area (Å²) in [6.07, 6.45) is 2.82. The average molecular weight is 279 g/mol. The molecular weight excluding hydrogens is 262 g/mol. The van der Waals surface area contributed by atoms with Crippen molar-refractivity contribution in [3.8, 4) is 5.75 Å². The first-order valence-corrected chi connectivity index (χ1v) is 6.43. The predicted octanol–water partition coefficient (Wildman–Crippen LogP) is 0.0197. The van der Waals surface area contributed by atoms with Crippen LogP contribution < -0.4 is 0 Å². The Balaban J connectivity index is 1.87. The largest absolute Gasteiger partial charge is 0.506 e. The molecule has 1 aliphatic rings. The van der Waals surface area contributed by atoms with E-state index in [1.807, 2.05) is 4.90 Å². The van der Waals surface area contributed by atoms with Crippen LogP contribution in [0, 0.1) is 0 Å². The van der Waals surface area contributed by atoms with Gasteiger partial charge in [0.2, 0.25) is 0 Å².